The predicted molar refractivity (Wildman–Crippen MR) is 65.6 cm³/mol. The topological polar surface area (TPSA) is 58.9 Å². The fourth-order valence-electron chi connectivity index (χ4n) is 1.30. The summed E-state index contributed by atoms with van der Waals surface area (Å²) in [6, 6.07) is 5.53. The molecular formula is C12H13N3OS. The van der Waals surface area contributed by atoms with Gasteiger partial charge in [-0.3, -0.25) is 4.98 Å². The van der Waals surface area contributed by atoms with E-state index >= 15 is 0 Å². The Morgan fingerprint density at radius 1 is 1.24 bits per heavy atom. The van der Waals surface area contributed by atoms with Gasteiger partial charge in [-0.1, -0.05) is 6.92 Å². The Morgan fingerprint density at radius 2 is 2.00 bits per heavy atom. The smallest absolute Gasteiger partial charge is 0.192 e. The van der Waals surface area contributed by atoms with E-state index in [1.54, 1.807) is 24.7 Å². The zero-order valence-corrected chi connectivity index (χ0v) is 10.3. The van der Waals surface area contributed by atoms with Crippen LogP contribution in [0.5, 0.6) is 0 Å². The Hall–Kier alpha value is -1.46. The predicted octanol–water partition coefficient (Wildman–Crippen LogP) is 2.47. The van der Waals surface area contributed by atoms with E-state index < -0.39 is 6.10 Å². The van der Waals surface area contributed by atoms with Crippen LogP contribution in [0.4, 0.5) is 0 Å². The normalized spacial score (nSPS) is 12.4. The van der Waals surface area contributed by atoms with Crippen LogP contribution in [0.3, 0.4) is 0 Å². The van der Waals surface area contributed by atoms with Crippen LogP contribution in [0.15, 0.2) is 46.8 Å². The number of pyridine rings is 1. The molecule has 0 unspecified atom stereocenters. The minimum atomic E-state index is -0.484. The molecule has 0 fully saturated rings. The first-order valence-corrected chi connectivity index (χ1v) is 6.20. The molecule has 2 aromatic heterocycles. The summed E-state index contributed by atoms with van der Waals surface area (Å²) in [6.07, 6.45) is 5.33. The third-order valence-electron chi connectivity index (χ3n) is 2.24. The molecular weight excluding hydrogens is 234 g/mol. The lowest BCUT2D eigenvalue weighted by molar-refractivity contribution is 0.169. The van der Waals surface area contributed by atoms with Crippen molar-refractivity contribution in [3.8, 4) is 0 Å². The van der Waals surface area contributed by atoms with Crippen molar-refractivity contribution in [3.63, 3.8) is 0 Å². The molecule has 0 saturated carbocycles. The maximum atomic E-state index is 9.62. The molecule has 0 amide bonds. The zero-order valence-electron chi connectivity index (χ0n) is 9.45. The minimum absolute atomic E-state index is 0.484. The van der Waals surface area contributed by atoms with Gasteiger partial charge in [-0.05, 0) is 36.4 Å². The van der Waals surface area contributed by atoms with Gasteiger partial charge in [-0.25, -0.2) is 9.97 Å². The summed E-state index contributed by atoms with van der Waals surface area (Å²) < 4.78 is 0. The fraction of sp³-hybridized carbons (Fsp3) is 0.250. The summed E-state index contributed by atoms with van der Waals surface area (Å²) >= 11 is 1.45. The maximum Gasteiger partial charge on any atom is 0.192 e. The van der Waals surface area contributed by atoms with Gasteiger partial charge >= 0.3 is 0 Å². The molecule has 17 heavy (non-hydrogen) atoms. The number of aliphatic hydroxyl groups excluding tert-OH is 1. The van der Waals surface area contributed by atoms with Crippen molar-refractivity contribution in [1.82, 2.24) is 15.0 Å². The molecule has 0 saturated heterocycles. The molecule has 0 aromatic carbocycles. The van der Waals surface area contributed by atoms with Gasteiger partial charge in [0.2, 0.25) is 0 Å². The molecule has 0 radical (unpaired) electrons. The molecule has 5 heteroatoms. The number of hydrogen-bond acceptors (Lipinski definition) is 5. The third-order valence-corrected chi connectivity index (χ3v) is 3.11. The van der Waals surface area contributed by atoms with Crippen LogP contribution in [0.1, 0.15) is 25.1 Å². The molecule has 1 N–H and O–H groups in total. The number of hydrogen-bond donors (Lipinski definition) is 1. The Kier molecular flexibility index (Phi) is 4.06. The van der Waals surface area contributed by atoms with E-state index in [-0.39, 0.29) is 0 Å². The van der Waals surface area contributed by atoms with Crippen molar-refractivity contribution in [2.75, 3.05) is 0 Å². The highest BCUT2D eigenvalue weighted by molar-refractivity contribution is 7.99. The fourth-order valence-corrected chi connectivity index (χ4v) is 1.98. The lowest BCUT2D eigenvalue weighted by atomic mass is 10.2. The van der Waals surface area contributed by atoms with Crippen LogP contribution < -0.4 is 0 Å². The number of aliphatic hydroxyl groups is 1. The molecule has 4 nitrogen and oxygen atoms in total. The first-order valence-electron chi connectivity index (χ1n) is 5.38. The molecule has 88 valence electrons. The summed E-state index contributed by atoms with van der Waals surface area (Å²) in [5.74, 6) is 0. The number of aromatic nitrogens is 3. The van der Waals surface area contributed by atoms with Crippen LogP contribution in [-0.2, 0) is 0 Å². The lowest BCUT2D eigenvalue weighted by Crippen LogP contribution is -1.98. The number of nitrogens with zero attached hydrogens (tertiary/aromatic N) is 3. The van der Waals surface area contributed by atoms with Crippen molar-refractivity contribution in [1.29, 1.82) is 0 Å². The highest BCUT2D eigenvalue weighted by atomic mass is 32.2. The maximum absolute atomic E-state index is 9.62. The second-order valence-electron chi connectivity index (χ2n) is 3.48. The van der Waals surface area contributed by atoms with Crippen molar-refractivity contribution in [2.45, 2.75) is 29.5 Å². The van der Waals surface area contributed by atoms with Crippen LogP contribution in [0, 0.1) is 0 Å². The molecule has 0 spiro atoms. The van der Waals surface area contributed by atoms with Gasteiger partial charge in [0, 0.05) is 23.5 Å². The van der Waals surface area contributed by atoms with Gasteiger partial charge in [-0.2, -0.15) is 0 Å². The summed E-state index contributed by atoms with van der Waals surface area (Å²) in [5.41, 5.74) is 0.700. The third kappa shape index (κ3) is 3.25. The quantitative estimate of drug-likeness (QED) is 0.841. The average Bonchev–Trinajstić information content (AvgIpc) is 2.40. The summed E-state index contributed by atoms with van der Waals surface area (Å²) in [6.45, 7) is 1.92. The second-order valence-corrected chi connectivity index (χ2v) is 4.52. The van der Waals surface area contributed by atoms with Crippen molar-refractivity contribution >= 4 is 11.8 Å². The Bertz CT molecular complexity index is 461. The SMILES string of the molecule is CC[C@H](O)c1ccc(Sc2ncccn2)cn1. The van der Waals surface area contributed by atoms with Gasteiger partial charge in [0.15, 0.2) is 5.16 Å². The Labute approximate surface area is 104 Å². The van der Waals surface area contributed by atoms with Gasteiger partial charge in [-0.15, -0.1) is 0 Å². The molecule has 2 aromatic rings. The molecule has 0 aliphatic carbocycles. The molecule has 2 heterocycles. The monoisotopic (exact) mass is 247 g/mol. The van der Waals surface area contributed by atoms with E-state index in [2.05, 4.69) is 15.0 Å². The van der Waals surface area contributed by atoms with Gasteiger partial charge in [0.1, 0.15) is 0 Å². The van der Waals surface area contributed by atoms with E-state index in [1.165, 1.54) is 11.8 Å². The van der Waals surface area contributed by atoms with E-state index in [0.717, 1.165) is 4.90 Å². The minimum Gasteiger partial charge on any atom is -0.387 e. The lowest BCUT2D eigenvalue weighted by Gasteiger charge is -2.07. The van der Waals surface area contributed by atoms with Gasteiger partial charge in [0.25, 0.3) is 0 Å². The van der Waals surface area contributed by atoms with E-state index in [4.69, 9.17) is 0 Å². The van der Waals surface area contributed by atoms with Crippen molar-refractivity contribution < 1.29 is 5.11 Å². The summed E-state index contributed by atoms with van der Waals surface area (Å²) in [7, 11) is 0. The summed E-state index contributed by atoms with van der Waals surface area (Å²) in [4.78, 5) is 13.4. The highest BCUT2D eigenvalue weighted by Gasteiger charge is 2.06. The van der Waals surface area contributed by atoms with E-state index in [1.807, 2.05) is 19.1 Å². The highest BCUT2D eigenvalue weighted by Crippen LogP contribution is 2.24. The summed E-state index contributed by atoms with van der Waals surface area (Å²) in [5, 5.41) is 10.3. The molecule has 0 aliphatic rings. The van der Waals surface area contributed by atoms with Crippen molar-refractivity contribution in [2.24, 2.45) is 0 Å². The molecule has 1 atom stereocenters. The Morgan fingerprint density at radius 3 is 2.59 bits per heavy atom. The van der Waals surface area contributed by atoms with E-state index in [0.29, 0.717) is 17.3 Å². The number of rotatable bonds is 4. The van der Waals surface area contributed by atoms with Gasteiger partial charge < -0.3 is 5.11 Å². The van der Waals surface area contributed by atoms with Crippen LogP contribution >= 0.6 is 11.8 Å². The second kappa shape index (κ2) is 5.75. The first-order chi connectivity index (χ1) is 8.29. The molecule has 0 aliphatic heterocycles. The largest absolute Gasteiger partial charge is 0.387 e. The van der Waals surface area contributed by atoms with Crippen LogP contribution in [0.25, 0.3) is 0 Å². The zero-order chi connectivity index (χ0) is 12.1. The van der Waals surface area contributed by atoms with E-state index in [9.17, 15) is 5.11 Å². The first kappa shape index (κ1) is 12.0. The van der Waals surface area contributed by atoms with Gasteiger partial charge in [0.05, 0.1) is 11.8 Å². The molecule has 0 bridgehead atoms. The Balaban J connectivity index is 2.08. The molecule has 2 rings (SSSR count). The van der Waals surface area contributed by atoms with Crippen LogP contribution in [0.2, 0.25) is 0 Å². The van der Waals surface area contributed by atoms with Crippen LogP contribution in [-0.4, -0.2) is 20.1 Å². The van der Waals surface area contributed by atoms with Crippen molar-refractivity contribution in [3.05, 3.63) is 42.5 Å². The standard InChI is InChI=1S/C12H13N3OS/c1-2-11(16)10-5-4-9(8-15-10)17-12-13-6-3-7-14-12/h3-8,11,16H,2H2,1H3/t11-/m0/s1. The average molecular weight is 247 g/mol.